The number of fused-ring (bicyclic) bond motifs is 1. The second kappa shape index (κ2) is 4.13. The molecule has 2 aromatic heterocycles. The summed E-state index contributed by atoms with van der Waals surface area (Å²) in [6.45, 7) is 0. The number of hydrogen-bond acceptors (Lipinski definition) is 4. The van der Waals surface area contributed by atoms with E-state index in [0.29, 0.717) is 5.82 Å². The Morgan fingerprint density at radius 2 is 1.94 bits per heavy atom. The summed E-state index contributed by atoms with van der Waals surface area (Å²) in [6, 6.07) is 1.64. The Hall–Kier alpha value is -1.97. The summed E-state index contributed by atoms with van der Waals surface area (Å²) in [6.07, 6.45) is 9.50. The van der Waals surface area contributed by atoms with Crippen LogP contribution in [-0.4, -0.2) is 20.1 Å². The molecule has 1 aliphatic rings. The maximum Gasteiger partial charge on any atom is 0.161 e. The second-order valence-electron chi connectivity index (χ2n) is 4.30. The Kier molecular flexibility index (Phi) is 2.48. The minimum atomic E-state index is 0.142. The Morgan fingerprint density at radius 1 is 1.06 bits per heavy atom. The lowest BCUT2D eigenvalue weighted by Gasteiger charge is -2.14. The Bertz CT molecular complexity index is 554. The average molecular weight is 227 g/mol. The molecule has 0 aromatic carbocycles. The van der Waals surface area contributed by atoms with Gasteiger partial charge >= 0.3 is 0 Å². The molecule has 1 N–H and O–H groups in total. The molecule has 0 amide bonds. The number of aromatic nitrogens is 3. The third kappa shape index (κ3) is 1.98. The molecule has 2 heterocycles. The van der Waals surface area contributed by atoms with Crippen LogP contribution in [0.2, 0.25) is 0 Å². The molecule has 0 saturated heterocycles. The van der Waals surface area contributed by atoms with Gasteiger partial charge in [-0.3, -0.25) is 4.98 Å². The molecule has 0 aliphatic heterocycles. The van der Waals surface area contributed by atoms with Crippen LogP contribution in [0.25, 0.3) is 11.4 Å². The molecule has 2 aromatic rings. The van der Waals surface area contributed by atoms with E-state index in [1.807, 2.05) is 6.20 Å². The van der Waals surface area contributed by atoms with E-state index in [1.165, 1.54) is 24.6 Å². The summed E-state index contributed by atoms with van der Waals surface area (Å²) in [4.78, 5) is 12.8. The lowest BCUT2D eigenvalue weighted by atomic mass is 9.97. The molecule has 17 heavy (non-hydrogen) atoms. The van der Waals surface area contributed by atoms with Gasteiger partial charge < -0.3 is 5.11 Å². The molecule has 4 nitrogen and oxygen atoms in total. The van der Waals surface area contributed by atoms with Crippen LogP contribution in [0, 0.1) is 0 Å². The van der Waals surface area contributed by atoms with Gasteiger partial charge in [-0.15, -0.1) is 0 Å². The lowest BCUT2D eigenvalue weighted by Crippen LogP contribution is -2.07. The summed E-state index contributed by atoms with van der Waals surface area (Å²) in [5.41, 5.74) is 3.16. The molecular weight excluding hydrogens is 214 g/mol. The van der Waals surface area contributed by atoms with Crippen molar-refractivity contribution in [3.8, 4) is 17.1 Å². The van der Waals surface area contributed by atoms with Crippen molar-refractivity contribution < 1.29 is 5.11 Å². The van der Waals surface area contributed by atoms with E-state index in [-0.39, 0.29) is 5.75 Å². The van der Waals surface area contributed by atoms with Crippen molar-refractivity contribution >= 4 is 0 Å². The first-order valence-electron chi connectivity index (χ1n) is 5.82. The van der Waals surface area contributed by atoms with Gasteiger partial charge in [0.25, 0.3) is 0 Å². The minimum absolute atomic E-state index is 0.142. The molecule has 0 radical (unpaired) electrons. The van der Waals surface area contributed by atoms with Crippen molar-refractivity contribution in [2.24, 2.45) is 0 Å². The molecule has 0 atom stereocenters. The first-order valence-corrected chi connectivity index (χ1v) is 5.82. The Morgan fingerprint density at radius 3 is 2.82 bits per heavy atom. The highest BCUT2D eigenvalue weighted by Gasteiger charge is 2.12. The zero-order valence-corrected chi connectivity index (χ0v) is 9.43. The largest absolute Gasteiger partial charge is 0.506 e. The minimum Gasteiger partial charge on any atom is -0.506 e. The molecule has 0 spiro atoms. The van der Waals surface area contributed by atoms with Crippen LogP contribution < -0.4 is 0 Å². The van der Waals surface area contributed by atoms with Crippen LogP contribution in [0.15, 0.2) is 24.7 Å². The summed E-state index contributed by atoms with van der Waals surface area (Å²) in [7, 11) is 0. The number of aryl methyl sites for hydroxylation is 2. The fourth-order valence-corrected chi connectivity index (χ4v) is 2.16. The van der Waals surface area contributed by atoms with E-state index in [0.717, 1.165) is 24.1 Å². The van der Waals surface area contributed by atoms with Crippen molar-refractivity contribution in [3.63, 3.8) is 0 Å². The van der Waals surface area contributed by atoms with E-state index in [4.69, 9.17) is 0 Å². The van der Waals surface area contributed by atoms with Crippen LogP contribution in [0.4, 0.5) is 0 Å². The van der Waals surface area contributed by atoms with Crippen LogP contribution in [0.5, 0.6) is 5.75 Å². The number of nitrogens with zero attached hydrogens (tertiary/aromatic N) is 3. The predicted octanol–water partition coefficient (Wildman–Crippen LogP) is 2.12. The zero-order valence-electron chi connectivity index (χ0n) is 9.43. The van der Waals surface area contributed by atoms with Gasteiger partial charge in [-0.25, -0.2) is 9.97 Å². The number of aromatic hydroxyl groups is 1. The van der Waals surface area contributed by atoms with E-state index in [1.54, 1.807) is 12.3 Å². The predicted molar refractivity (Wildman–Crippen MR) is 63.6 cm³/mol. The summed E-state index contributed by atoms with van der Waals surface area (Å²) in [5, 5.41) is 9.39. The van der Waals surface area contributed by atoms with E-state index < -0.39 is 0 Å². The maximum atomic E-state index is 9.39. The van der Waals surface area contributed by atoms with E-state index in [9.17, 15) is 5.11 Å². The molecular formula is C13H13N3O. The summed E-state index contributed by atoms with van der Waals surface area (Å²) >= 11 is 0. The lowest BCUT2D eigenvalue weighted by molar-refractivity contribution is 0.473. The number of pyridine rings is 1. The first kappa shape index (κ1) is 10.2. The van der Waals surface area contributed by atoms with E-state index in [2.05, 4.69) is 15.0 Å². The van der Waals surface area contributed by atoms with Crippen molar-refractivity contribution in [1.82, 2.24) is 15.0 Å². The van der Waals surface area contributed by atoms with E-state index >= 15 is 0 Å². The van der Waals surface area contributed by atoms with Crippen molar-refractivity contribution in [3.05, 3.63) is 35.9 Å². The highest BCUT2D eigenvalue weighted by atomic mass is 16.3. The van der Waals surface area contributed by atoms with Crippen LogP contribution in [-0.2, 0) is 12.8 Å². The molecule has 0 saturated carbocycles. The standard InChI is InChI=1S/C13H13N3O/c17-11-5-10(6-14-8-11)13-15-7-9-3-1-2-4-12(9)16-13/h5-8,17H,1-4H2. The van der Waals surface area contributed by atoms with Gasteiger partial charge in [0.05, 0.1) is 6.20 Å². The highest BCUT2D eigenvalue weighted by molar-refractivity contribution is 5.55. The molecule has 0 unspecified atom stereocenters. The van der Waals surface area contributed by atoms with Crippen LogP contribution in [0.3, 0.4) is 0 Å². The summed E-state index contributed by atoms with van der Waals surface area (Å²) in [5.74, 6) is 0.790. The van der Waals surface area contributed by atoms with Gasteiger partial charge in [0.2, 0.25) is 0 Å². The molecule has 0 fully saturated rings. The normalized spacial score (nSPS) is 14.4. The second-order valence-corrected chi connectivity index (χ2v) is 4.30. The molecule has 3 rings (SSSR count). The zero-order chi connectivity index (χ0) is 11.7. The van der Waals surface area contributed by atoms with Gasteiger partial charge in [0.1, 0.15) is 5.75 Å². The fourth-order valence-electron chi connectivity index (χ4n) is 2.16. The van der Waals surface area contributed by atoms with Crippen LogP contribution >= 0.6 is 0 Å². The molecule has 86 valence electrons. The van der Waals surface area contributed by atoms with Gasteiger partial charge in [0, 0.05) is 23.7 Å². The molecule has 1 aliphatic carbocycles. The molecule has 0 bridgehead atoms. The quantitative estimate of drug-likeness (QED) is 0.810. The monoisotopic (exact) mass is 227 g/mol. The third-order valence-corrected chi connectivity index (χ3v) is 3.05. The maximum absolute atomic E-state index is 9.39. The van der Waals surface area contributed by atoms with Crippen LogP contribution in [0.1, 0.15) is 24.1 Å². The van der Waals surface area contributed by atoms with Gasteiger partial charge in [-0.05, 0) is 37.3 Å². The van der Waals surface area contributed by atoms with Crippen molar-refractivity contribution in [2.45, 2.75) is 25.7 Å². The van der Waals surface area contributed by atoms with Gasteiger partial charge in [-0.2, -0.15) is 0 Å². The molecule has 4 heteroatoms. The third-order valence-electron chi connectivity index (χ3n) is 3.05. The Balaban J connectivity index is 2.04. The summed E-state index contributed by atoms with van der Waals surface area (Å²) < 4.78 is 0. The van der Waals surface area contributed by atoms with Crippen molar-refractivity contribution in [2.75, 3.05) is 0 Å². The number of rotatable bonds is 1. The SMILES string of the molecule is Oc1cncc(-c2ncc3c(n2)CCCC3)c1. The fraction of sp³-hybridized carbons (Fsp3) is 0.308. The topological polar surface area (TPSA) is 58.9 Å². The first-order chi connectivity index (χ1) is 8.33. The van der Waals surface area contributed by atoms with Gasteiger partial charge in [0.15, 0.2) is 5.82 Å². The number of hydrogen-bond donors (Lipinski definition) is 1. The average Bonchev–Trinajstić information content (AvgIpc) is 2.38. The smallest absolute Gasteiger partial charge is 0.161 e. The highest BCUT2D eigenvalue weighted by Crippen LogP contribution is 2.23. The Labute approximate surface area is 99.4 Å². The van der Waals surface area contributed by atoms with Gasteiger partial charge in [-0.1, -0.05) is 0 Å². The van der Waals surface area contributed by atoms with Crippen molar-refractivity contribution in [1.29, 1.82) is 0 Å².